The molecule has 0 radical (unpaired) electrons. The maximum Gasteiger partial charge on any atom is 0.136 e. The quantitative estimate of drug-likeness (QED) is 0.760. The number of benzene rings is 1. The third-order valence-electron chi connectivity index (χ3n) is 3.60. The van der Waals surface area contributed by atoms with E-state index in [2.05, 4.69) is 10.3 Å². The zero-order valence-corrected chi connectivity index (χ0v) is 14.9. The van der Waals surface area contributed by atoms with Crippen LogP contribution >= 0.6 is 35.3 Å². The second-order valence-corrected chi connectivity index (χ2v) is 7.56. The van der Waals surface area contributed by atoms with E-state index in [0.717, 1.165) is 45.2 Å². The highest BCUT2D eigenvalue weighted by atomic mass is 32.2. The Labute approximate surface area is 144 Å². The summed E-state index contributed by atoms with van der Waals surface area (Å²) in [5.41, 5.74) is 2.13. The van der Waals surface area contributed by atoms with Crippen LogP contribution in [0.15, 0.2) is 29.6 Å². The summed E-state index contributed by atoms with van der Waals surface area (Å²) < 4.78 is 6.41. The van der Waals surface area contributed by atoms with Gasteiger partial charge < -0.3 is 9.64 Å². The van der Waals surface area contributed by atoms with Crippen molar-refractivity contribution < 1.29 is 4.74 Å². The first-order valence-electron chi connectivity index (χ1n) is 7.27. The summed E-state index contributed by atoms with van der Waals surface area (Å²) in [5.74, 6) is 1.70. The Hall–Kier alpha value is -1.11. The molecule has 1 aromatic carbocycles. The number of hydrogen-bond acceptors (Lipinski definition) is 5. The van der Waals surface area contributed by atoms with E-state index in [1.165, 1.54) is 12.8 Å². The van der Waals surface area contributed by atoms with Gasteiger partial charge in [0, 0.05) is 24.2 Å². The molecule has 0 saturated carbocycles. The standard InChI is InChI=1S/C16H18N2OS3/c1-19-14-7-3-2-6-13(14)15-17-12(10-21-15)11-22-16(20)18-8-4-5-9-18/h2-3,6-7,10H,4-5,8-9,11H2,1H3. The third kappa shape index (κ3) is 3.62. The molecule has 3 nitrogen and oxygen atoms in total. The predicted molar refractivity (Wildman–Crippen MR) is 98.8 cm³/mol. The molecule has 1 aromatic heterocycles. The van der Waals surface area contributed by atoms with Gasteiger partial charge in [-0.25, -0.2) is 4.98 Å². The van der Waals surface area contributed by atoms with E-state index in [9.17, 15) is 0 Å². The van der Waals surface area contributed by atoms with E-state index >= 15 is 0 Å². The second-order valence-electron chi connectivity index (χ2n) is 5.09. The van der Waals surface area contributed by atoms with Crippen molar-refractivity contribution in [3.8, 4) is 16.3 Å². The molecule has 6 heteroatoms. The number of thiazole rings is 1. The fourth-order valence-electron chi connectivity index (χ4n) is 2.44. The summed E-state index contributed by atoms with van der Waals surface area (Å²) in [6.45, 7) is 2.21. The van der Waals surface area contributed by atoms with Gasteiger partial charge >= 0.3 is 0 Å². The smallest absolute Gasteiger partial charge is 0.136 e. The summed E-state index contributed by atoms with van der Waals surface area (Å²) in [4.78, 5) is 7.03. The molecule has 2 aromatic rings. The molecule has 0 spiro atoms. The zero-order chi connectivity index (χ0) is 15.4. The van der Waals surface area contributed by atoms with Crippen LogP contribution in [-0.2, 0) is 5.75 Å². The number of aromatic nitrogens is 1. The number of thioether (sulfide) groups is 1. The maximum absolute atomic E-state index is 5.50. The molecule has 0 atom stereocenters. The van der Waals surface area contributed by atoms with Crippen molar-refractivity contribution >= 4 is 39.6 Å². The van der Waals surface area contributed by atoms with Gasteiger partial charge in [-0.15, -0.1) is 11.3 Å². The lowest BCUT2D eigenvalue weighted by molar-refractivity contribution is 0.416. The van der Waals surface area contributed by atoms with E-state index < -0.39 is 0 Å². The van der Waals surface area contributed by atoms with Crippen molar-refractivity contribution in [1.82, 2.24) is 9.88 Å². The molecule has 2 heterocycles. The van der Waals surface area contributed by atoms with Crippen LogP contribution in [0.3, 0.4) is 0 Å². The molecule has 1 aliphatic heterocycles. The Kier molecular flexibility index (Phi) is 5.33. The Bertz CT molecular complexity index is 650. The Balaban J connectivity index is 1.65. The topological polar surface area (TPSA) is 25.4 Å². The van der Waals surface area contributed by atoms with Gasteiger partial charge in [0.05, 0.1) is 18.4 Å². The molecule has 1 fully saturated rings. The predicted octanol–water partition coefficient (Wildman–Crippen LogP) is 4.43. The third-order valence-corrected chi connectivity index (χ3v) is 6.08. The van der Waals surface area contributed by atoms with E-state index in [1.54, 1.807) is 30.2 Å². The van der Waals surface area contributed by atoms with Crippen LogP contribution in [0.2, 0.25) is 0 Å². The number of nitrogens with zero attached hydrogens (tertiary/aromatic N) is 2. The van der Waals surface area contributed by atoms with Crippen LogP contribution in [0.1, 0.15) is 18.5 Å². The van der Waals surface area contributed by atoms with Gasteiger partial charge in [-0.3, -0.25) is 0 Å². The average molecular weight is 351 g/mol. The minimum absolute atomic E-state index is 0.834. The minimum atomic E-state index is 0.834. The number of para-hydroxylation sites is 1. The molecular formula is C16H18N2OS3. The van der Waals surface area contributed by atoms with Gasteiger partial charge in [-0.05, 0) is 25.0 Å². The lowest BCUT2D eigenvalue weighted by atomic mass is 10.2. The number of likely N-dealkylation sites (tertiary alicyclic amines) is 1. The van der Waals surface area contributed by atoms with E-state index in [1.807, 2.05) is 24.3 Å². The van der Waals surface area contributed by atoms with Crippen LogP contribution in [0.25, 0.3) is 10.6 Å². The van der Waals surface area contributed by atoms with Crippen molar-refractivity contribution in [2.24, 2.45) is 0 Å². The summed E-state index contributed by atoms with van der Waals surface area (Å²) in [7, 11) is 1.69. The fourth-order valence-corrected chi connectivity index (χ4v) is 4.54. The first-order valence-corrected chi connectivity index (χ1v) is 9.55. The normalized spacial score (nSPS) is 14.3. The SMILES string of the molecule is COc1ccccc1-c1nc(CSC(=S)N2CCCC2)cs1. The van der Waals surface area contributed by atoms with Crippen LogP contribution in [-0.4, -0.2) is 34.4 Å². The fraction of sp³-hybridized carbons (Fsp3) is 0.375. The lowest BCUT2D eigenvalue weighted by Crippen LogP contribution is -2.23. The van der Waals surface area contributed by atoms with Crippen molar-refractivity contribution in [3.05, 3.63) is 35.3 Å². The molecule has 3 rings (SSSR count). The maximum atomic E-state index is 5.50. The molecule has 1 saturated heterocycles. The Morgan fingerprint density at radius 2 is 2.14 bits per heavy atom. The second kappa shape index (κ2) is 7.44. The van der Waals surface area contributed by atoms with Gasteiger partial charge in [0.15, 0.2) is 0 Å². The molecule has 116 valence electrons. The molecule has 0 N–H and O–H groups in total. The van der Waals surface area contributed by atoms with Crippen LogP contribution in [0.4, 0.5) is 0 Å². The van der Waals surface area contributed by atoms with Crippen LogP contribution < -0.4 is 4.74 Å². The van der Waals surface area contributed by atoms with Crippen molar-refractivity contribution in [1.29, 1.82) is 0 Å². The minimum Gasteiger partial charge on any atom is -0.496 e. The number of hydrogen-bond donors (Lipinski definition) is 0. The number of ether oxygens (including phenoxy) is 1. The van der Waals surface area contributed by atoms with Crippen molar-refractivity contribution in [3.63, 3.8) is 0 Å². The highest BCUT2D eigenvalue weighted by molar-refractivity contribution is 8.22. The summed E-state index contributed by atoms with van der Waals surface area (Å²) >= 11 is 8.87. The van der Waals surface area contributed by atoms with E-state index in [-0.39, 0.29) is 0 Å². The highest BCUT2D eigenvalue weighted by Crippen LogP contribution is 2.32. The average Bonchev–Trinajstić information content (AvgIpc) is 3.24. The largest absolute Gasteiger partial charge is 0.496 e. The van der Waals surface area contributed by atoms with Crippen LogP contribution in [0.5, 0.6) is 5.75 Å². The van der Waals surface area contributed by atoms with Gasteiger partial charge in [0.25, 0.3) is 0 Å². The first kappa shape index (κ1) is 15.8. The summed E-state index contributed by atoms with van der Waals surface area (Å²) in [5, 5.41) is 3.11. The number of rotatable bonds is 4. The lowest BCUT2D eigenvalue weighted by Gasteiger charge is -2.16. The molecule has 0 unspecified atom stereocenters. The van der Waals surface area contributed by atoms with Crippen molar-refractivity contribution in [2.45, 2.75) is 18.6 Å². The van der Waals surface area contributed by atoms with E-state index in [4.69, 9.17) is 21.9 Å². The Morgan fingerprint density at radius 1 is 1.36 bits per heavy atom. The highest BCUT2D eigenvalue weighted by Gasteiger charge is 2.16. The van der Waals surface area contributed by atoms with Crippen LogP contribution in [0, 0.1) is 0 Å². The van der Waals surface area contributed by atoms with Gasteiger partial charge in [-0.2, -0.15) is 0 Å². The van der Waals surface area contributed by atoms with Crippen molar-refractivity contribution in [2.75, 3.05) is 20.2 Å². The molecule has 0 aliphatic carbocycles. The zero-order valence-electron chi connectivity index (χ0n) is 12.4. The first-order chi connectivity index (χ1) is 10.8. The monoisotopic (exact) mass is 350 g/mol. The molecule has 0 amide bonds. The number of methoxy groups -OCH3 is 1. The molecular weight excluding hydrogens is 332 g/mol. The molecule has 22 heavy (non-hydrogen) atoms. The molecule has 0 bridgehead atoms. The van der Waals surface area contributed by atoms with E-state index in [0.29, 0.717) is 0 Å². The number of thiocarbonyl (C=S) groups is 1. The van der Waals surface area contributed by atoms with Gasteiger partial charge in [0.2, 0.25) is 0 Å². The summed E-state index contributed by atoms with van der Waals surface area (Å²) in [6, 6.07) is 7.99. The van der Waals surface area contributed by atoms with Gasteiger partial charge in [-0.1, -0.05) is 36.1 Å². The summed E-state index contributed by atoms with van der Waals surface area (Å²) in [6.07, 6.45) is 2.52. The van der Waals surface area contributed by atoms with Gasteiger partial charge in [0.1, 0.15) is 15.1 Å². The molecule has 1 aliphatic rings. The Morgan fingerprint density at radius 3 is 2.91 bits per heavy atom.